The lowest BCUT2D eigenvalue weighted by Crippen LogP contribution is -2.21. The number of imidazole rings is 1. The van der Waals surface area contributed by atoms with Gasteiger partial charge in [-0.2, -0.15) is 16.4 Å². The van der Waals surface area contributed by atoms with Gasteiger partial charge in [-0.1, -0.05) is 30.9 Å². The van der Waals surface area contributed by atoms with E-state index in [1.165, 1.54) is 12.8 Å². The zero-order valence-corrected chi connectivity index (χ0v) is 21.4. The number of para-hydroxylation sites is 1. The second-order valence-electron chi connectivity index (χ2n) is 9.23. The summed E-state index contributed by atoms with van der Waals surface area (Å²) in [6, 6.07) is 8.08. The average Bonchev–Trinajstić information content (AvgIpc) is 3.73. The number of aromatic nitrogens is 5. The van der Waals surface area contributed by atoms with Crippen LogP contribution in [0.5, 0.6) is 0 Å². The fraction of sp³-hybridized carbons (Fsp3) is 0.207. The van der Waals surface area contributed by atoms with Gasteiger partial charge < -0.3 is 4.98 Å². The van der Waals surface area contributed by atoms with E-state index in [1.54, 1.807) is 17.5 Å². The highest BCUT2D eigenvalue weighted by atomic mass is 32.1. The second kappa shape index (κ2) is 9.88. The molecular weight excluding hydrogens is 483 g/mol. The number of nitrogens with one attached hydrogen (secondary N) is 2. The van der Waals surface area contributed by atoms with Crippen LogP contribution in [-0.4, -0.2) is 49.7 Å². The number of fused-ring (bicyclic) bond motifs is 2. The van der Waals surface area contributed by atoms with Crippen LogP contribution in [0.2, 0.25) is 0 Å². The zero-order valence-electron chi connectivity index (χ0n) is 20.6. The Hall–Kier alpha value is -3.88. The summed E-state index contributed by atoms with van der Waals surface area (Å²) in [5.41, 5.74) is 6.84. The molecule has 2 N–H and O–H groups in total. The molecule has 0 radical (unpaired) electrons. The summed E-state index contributed by atoms with van der Waals surface area (Å²) in [7, 11) is 0. The molecule has 0 aliphatic carbocycles. The van der Waals surface area contributed by atoms with Crippen molar-refractivity contribution in [1.29, 1.82) is 0 Å². The van der Waals surface area contributed by atoms with Crippen LogP contribution >= 0.6 is 11.3 Å². The average molecular weight is 511 g/mol. The van der Waals surface area contributed by atoms with Gasteiger partial charge in [-0.05, 0) is 78.5 Å². The molecule has 0 atom stereocenters. The van der Waals surface area contributed by atoms with Crippen LogP contribution in [0.25, 0.3) is 50.2 Å². The third kappa shape index (κ3) is 4.32. The van der Waals surface area contributed by atoms with Crippen LogP contribution < -0.4 is 0 Å². The van der Waals surface area contributed by atoms with E-state index < -0.39 is 5.82 Å². The van der Waals surface area contributed by atoms with Crippen LogP contribution in [0.3, 0.4) is 0 Å². The molecule has 0 unspecified atom stereocenters. The van der Waals surface area contributed by atoms with Crippen LogP contribution in [0, 0.1) is 5.82 Å². The van der Waals surface area contributed by atoms with E-state index in [1.807, 2.05) is 48.7 Å². The Balaban J connectivity index is 1.42. The number of halogens is 1. The number of nitrogens with zero attached hydrogens (tertiary/aromatic N) is 4. The molecule has 1 aliphatic rings. The molecule has 5 heterocycles. The molecule has 0 amide bonds. The smallest absolute Gasteiger partial charge is 0.161 e. The highest BCUT2D eigenvalue weighted by Gasteiger charge is 2.22. The van der Waals surface area contributed by atoms with Crippen LogP contribution in [0.4, 0.5) is 4.39 Å². The number of pyridine rings is 1. The van der Waals surface area contributed by atoms with Crippen LogP contribution in [-0.2, 0) is 0 Å². The first-order chi connectivity index (χ1) is 18.2. The van der Waals surface area contributed by atoms with E-state index in [9.17, 15) is 0 Å². The first kappa shape index (κ1) is 23.5. The van der Waals surface area contributed by atoms with Crippen molar-refractivity contribution in [2.24, 2.45) is 0 Å². The SMILES string of the molecule is C=C/C(=C\C(=C/C)c1ncc2[nH]nc(-c3nc4c(-c5ccsc5)cccc4[nH]3)c2c1F)CN1CCCC1. The Morgan fingerprint density at radius 3 is 2.84 bits per heavy atom. The van der Waals surface area contributed by atoms with Gasteiger partial charge in [0.1, 0.15) is 11.4 Å². The van der Waals surface area contributed by atoms with Crippen molar-refractivity contribution in [1.82, 2.24) is 30.0 Å². The van der Waals surface area contributed by atoms with E-state index in [-0.39, 0.29) is 5.69 Å². The third-order valence-electron chi connectivity index (χ3n) is 6.91. The number of H-pyrrole nitrogens is 2. The van der Waals surface area contributed by atoms with E-state index >= 15 is 4.39 Å². The second-order valence-corrected chi connectivity index (χ2v) is 10.0. The van der Waals surface area contributed by atoms with Crippen molar-refractivity contribution in [3.63, 3.8) is 0 Å². The Kier molecular flexibility index (Phi) is 6.28. The fourth-order valence-corrected chi connectivity index (χ4v) is 5.65. The number of likely N-dealkylation sites (tertiary alicyclic amines) is 1. The Morgan fingerprint density at radius 1 is 1.22 bits per heavy atom. The summed E-state index contributed by atoms with van der Waals surface area (Å²) in [4.78, 5) is 15.0. The number of thiophene rings is 1. The van der Waals surface area contributed by atoms with Crippen molar-refractivity contribution in [3.8, 4) is 22.6 Å². The molecule has 0 spiro atoms. The van der Waals surface area contributed by atoms with Gasteiger partial charge in [0.15, 0.2) is 11.6 Å². The molecular formula is C29H27FN6S. The Bertz CT molecular complexity index is 1650. The number of benzene rings is 1. The number of allylic oxidation sites excluding steroid dienone is 3. The van der Waals surface area contributed by atoms with Gasteiger partial charge in [-0.25, -0.2) is 9.37 Å². The summed E-state index contributed by atoms with van der Waals surface area (Å²) < 4.78 is 16.1. The summed E-state index contributed by atoms with van der Waals surface area (Å²) in [5, 5.41) is 11.9. The lowest BCUT2D eigenvalue weighted by molar-refractivity contribution is 0.371. The predicted molar refractivity (Wildman–Crippen MR) is 150 cm³/mol. The molecule has 5 aromatic rings. The van der Waals surface area contributed by atoms with E-state index in [2.05, 4.69) is 43.1 Å². The minimum atomic E-state index is -0.423. The van der Waals surface area contributed by atoms with Gasteiger partial charge in [-0.15, -0.1) is 0 Å². The molecule has 0 bridgehead atoms. The highest BCUT2D eigenvalue weighted by molar-refractivity contribution is 7.08. The normalized spacial score (nSPS) is 15.3. The van der Waals surface area contributed by atoms with Gasteiger partial charge >= 0.3 is 0 Å². The first-order valence-corrected chi connectivity index (χ1v) is 13.4. The zero-order chi connectivity index (χ0) is 25.4. The molecule has 1 aromatic carbocycles. The highest BCUT2D eigenvalue weighted by Crippen LogP contribution is 2.34. The molecule has 37 heavy (non-hydrogen) atoms. The molecule has 6 nitrogen and oxygen atoms in total. The molecule has 8 heteroatoms. The van der Waals surface area contributed by atoms with Gasteiger partial charge in [0.2, 0.25) is 0 Å². The molecule has 6 rings (SSSR count). The van der Waals surface area contributed by atoms with Gasteiger partial charge in [0.05, 0.1) is 28.1 Å². The van der Waals surface area contributed by atoms with Crippen molar-refractivity contribution in [3.05, 3.63) is 83.1 Å². The monoisotopic (exact) mass is 510 g/mol. The maximum absolute atomic E-state index is 16.1. The van der Waals surface area contributed by atoms with E-state index in [0.717, 1.165) is 47.4 Å². The van der Waals surface area contributed by atoms with E-state index in [0.29, 0.717) is 28.0 Å². The third-order valence-corrected chi connectivity index (χ3v) is 7.59. The summed E-state index contributed by atoms with van der Waals surface area (Å²) >= 11 is 1.64. The summed E-state index contributed by atoms with van der Waals surface area (Å²) in [6.07, 6.45) is 9.78. The Labute approximate surface area is 218 Å². The summed E-state index contributed by atoms with van der Waals surface area (Å²) in [6.45, 7) is 8.85. The quantitative estimate of drug-likeness (QED) is 0.232. The van der Waals surface area contributed by atoms with Gasteiger partial charge in [-0.3, -0.25) is 15.0 Å². The van der Waals surface area contributed by atoms with E-state index in [4.69, 9.17) is 4.98 Å². The topological polar surface area (TPSA) is 73.5 Å². The van der Waals surface area contributed by atoms with Gasteiger partial charge in [0.25, 0.3) is 0 Å². The van der Waals surface area contributed by atoms with Crippen molar-refractivity contribution >= 4 is 38.8 Å². The maximum Gasteiger partial charge on any atom is 0.161 e. The Morgan fingerprint density at radius 2 is 2.08 bits per heavy atom. The molecule has 1 aliphatic heterocycles. The standard InChI is InChI=1S/C29H27FN6S/c1-3-18(16-36-11-5-6-12-36)14-19(4-2)26-25(30)24-23(15-31-26)34-35-28(24)29-32-22-9-7-8-21(27(22)33-29)20-10-13-37-17-20/h3-4,7-10,13-15,17H,1,5-6,11-12,16H2,2H3,(H,32,33)(H,34,35)/b18-14+,19-4+. The van der Waals surface area contributed by atoms with Crippen LogP contribution in [0.15, 0.2) is 71.6 Å². The van der Waals surface area contributed by atoms with Crippen molar-refractivity contribution in [2.45, 2.75) is 19.8 Å². The largest absolute Gasteiger partial charge is 0.337 e. The molecule has 4 aromatic heterocycles. The number of hydrogen-bond donors (Lipinski definition) is 2. The predicted octanol–water partition coefficient (Wildman–Crippen LogP) is 6.98. The first-order valence-electron chi connectivity index (χ1n) is 12.4. The molecule has 1 fully saturated rings. The van der Waals surface area contributed by atoms with Gasteiger partial charge in [0, 0.05) is 12.1 Å². The minimum Gasteiger partial charge on any atom is -0.337 e. The fourth-order valence-electron chi connectivity index (χ4n) is 5.00. The molecule has 0 saturated carbocycles. The summed E-state index contributed by atoms with van der Waals surface area (Å²) in [5.74, 6) is 0.0899. The van der Waals surface area contributed by atoms with Crippen LogP contribution in [0.1, 0.15) is 25.5 Å². The van der Waals surface area contributed by atoms with Crippen molar-refractivity contribution < 1.29 is 4.39 Å². The maximum atomic E-state index is 16.1. The number of hydrogen-bond acceptors (Lipinski definition) is 5. The molecule has 186 valence electrons. The lowest BCUT2D eigenvalue weighted by Gasteiger charge is -2.15. The number of aromatic amines is 2. The molecule has 1 saturated heterocycles. The lowest BCUT2D eigenvalue weighted by atomic mass is 10.0. The minimum absolute atomic E-state index is 0.286. The van der Waals surface area contributed by atoms with Crippen molar-refractivity contribution in [2.75, 3.05) is 19.6 Å². The number of rotatable bonds is 7.